The lowest BCUT2D eigenvalue weighted by atomic mass is 9.80. The number of carbonyl (C=O) groups excluding carboxylic acids is 1. The van der Waals surface area contributed by atoms with E-state index in [9.17, 15) is 9.18 Å². The van der Waals surface area contributed by atoms with Crippen LogP contribution in [0.4, 0.5) is 4.39 Å². The number of hydrogen-bond donors (Lipinski definition) is 0. The van der Waals surface area contributed by atoms with Crippen molar-refractivity contribution >= 4 is 5.91 Å². The lowest BCUT2D eigenvalue weighted by molar-refractivity contribution is -0.130. The van der Waals surface area contributed by atoms with Crippen molar-refractivity contribution < 1.29 is 9.18 Å². The molecule has 1 amide bonds. The minimum absolute atomic E-state index is 0.0613. The maximum atomic E-state index is 13.4. The molecular weight excluding hydrogens is 343 g/mol. The molecule has 0 spiro atoms. The Morgan fingerprint density at radius 2 is 1.81 bits per heavy atom. The van der Waals surface area contributed by atoms with Crippen molar-refractivity contribution in [2.45, 2.75) is 25.2 Å². The lowest BCUT2D eigenvalue weighted by Crippen LogP contribution is -2.41. The fraction of sp³-hybridized carbons (Fsp3) is 0.286. The second-order valence-corrected chi connectivity index (χ2v) is 6.88. The number of carbonyl (C=O) groups is 1. The van der Waals surface area contributed by atoms with Gasteiger partial charge < -0.3 is 9.47 Å². The Balaban J connectivity index is 1.73. The highest BCUT2D eigenvalue weighted by molar-refractivity contribution is 5.73. The van der Waals surface area contributed by atoms with E-state index >= 15 is 0 Å². The second kappa shape index (κ2) is 7.31. The molecule has 2 aromatic heterocycles. The van der Waals surface area contributed by atoms with Crippen LogP contribution in [0.2, 0.25) is 0 Å². The first-order valence-electron chi connectivity index (χ1n) is 9.08. The molecule has 0 radical (unpaired) electrons. The zero-order valence-corrected chi connectivity index (χ0v) is 15.1. The van der Waals surface area contributed by atoms with Gasteiger partial charge in [0, 0.05) is 62.3 Å². The highest BCUT2D eigenvalue weighted by Crippen LogP contribution is 2.39. The fourth-order valence-electron chi connectivity index (χ4n) is 3.91. The third kappa shape index (κ3) is 3.47. The molecule has 1 fully saturated rings. The predicted octanol–water partition coefficient (Wildman–Crippen LogP) is 3.53. The molecule has 5 nitrogen and oxygen atoms in total. The normalized spacial score (nSPS) is 19.9. The molecule has 138 valence electrons. The molecule has 0 saturated carbocycles. The van der Waals surface area contributed by atoms with Gasteiger partial charge in [-0.2, -0.15) is 0 Å². The van der Waals surface area contributed by atoms with Crippen LogP contribution in [-0.4, -0.2) is 38.4 Å². The number of rotatable bonds is 3. The summed E-state index contributed by atoms with van der Waals surface area (Å²) in [7, 11) is 0. The highest BCUT2D eigenvalue weighted by atomic mass is 19.1. The Bertz CT molecular complexity index is 923. The van der Waals surface area contributed by atoms with E-state index in [4.69, 9.17) is 0 Å². The van der Waals surface area contributed by atoms with Gasteiger partial charge in [-0.15, -0.1) is 0 Å². The second-order valence-electron chi connectivity index (χ2n) is 6.88. The highest BCUT2D eigenvalue weighted by Gasteiger charge is 2.35. The van der Waals surface area contributed by atoms with E-state index in [0.29, 0.717) is 13.1 Å². The monoisotopic (exact) mass is 364 g/mol. The van der Waals surface area contributed by atoms with Gasteiger partial charge in [-0.1, -0.05) is 12.1 Å². The predicted molar refractivity (Wildman–Crippen MR) is 100 cm³/mol. The van der Waals surface area contributed by atoms with Gasteiger partial charge in [-0.3, -0.25) is 9.78 Å². The standard InChI is InChI=1S/C21H21FN4O/c1-15(27)25-12-8-19(20(14-25)16-2-4-17(22)5-3-16)21-24-11-13-26(21)18-6-9-23-10-7-18/h2-7,9-11,13,19-20H,8,12,14H2,1H3. The summed E-state index contributed by atoms with van der Waals surface area (Å²) in [5.41, 5.74) is 2.03. The molecular formula is C21H21FN4O. The molecule has 1 aliphatic heterocycles. The van der Waals surface area contributed by atoms with E-state index < -0.39 is 0 Å². The Morgan fingerprint density at radius 3 is 2.52 bits per heavy atom. The van der Waals surface area contributed by atoms with Crippen molar-refractivity contribution in [2.75, 3.05) is 13.1 Å². The number of nitrogens with zero attached hydrogens (tertiary/aromatic N) is 4. The molecule has 6 heteroatoms. The van der Waals surface area contributed by atoms with Crippen LogP contribution < -0.4 is 0 Å². The van der Waals surface area contributed by atoms with Crippen molar-refractivity contribution in [1.29, 1.82) is 0 Å². The molecule has 2 unspecified atom stereocenters. The van der Waals surface area contributed by atoms with E-state index in [1.165, 1.54) is 12.1 Å². The van der Waals surface area contributed by atoms with Gasteiger partial charge >= 0.3 is 0 Å². The first-order chi connectivity index (χ1) is 13.1. The molecule has 0 N–H and O–H groups in total. The van der Waals surface area contributed by atoms with Crippen LogP contribution >= 0.6 is 0 Å². The summed E-state index contributed by atoms with van der Waals surface area (Å²) < 4.78 is 15.5. The van der Waals surface area contributed by atoms with Crippen molar-refractivity contribution in [2.24, 2.45) is 0 Å². The summed E-state index contributed by atoms with van der Waals surface area (Å²) in [6.45, 7) is 2.90. The van der Waals surface area contributed by atoms with Crippen LogP contribution in [0.25, 0.3) is 5.69 Å². The van der Waals surface area contributed by atoms with Gasteiger partial charge in [0.2, 0.25) is 5.91 Å². The third-order valence-electron chi connectivity index (χ3n) is 5.30. The van der Waals surface area contributed by atoms with Gasteiger partial charge in [0.1, 0.15) is 11.6 Å². The first kappa shape index (κ1) is 17.4. The van der Waals surface area contributed by atoms with E-state index in [1.54, 1.807) is 25.5 Å². The summed E-state index contributed by atoms with van der Waals surface area (Å²) in [5, 5.41) is 0. The average Bonchev–Trinajstić information content (AvgIpc) is 3.18. The number of pyridine rings is 1. The molecule has 1 aromatic carbocycles. The number of amides is 1. The molecule has 3 heterocycles. The van der Waals surface area contributed by atoms with Gasteiger partial charge in [0.15, 0.2) is 0 Å². The van der Waals surface area contributed by atoms with Crippen molar-refractivity contribution in [3.05, 3.63) is 78.4 Å². The van der Waals surface area contributed by atoms with Crippen molar-refractivity contribution in [3.63, 3.8) is 0 Å². The third-order valence-corrected chi connectivity index (χ3v) is 5.30. The minimum Gasteiger partial charge on any atom is -0.342 e. The van der Waals surface area contributed by atoms with E-state index in [0.717, 1.165) is 23.5 Å². The summed E-state index contributed by atoms with van der Waals surface area (Å²) >= 11 is 0. The minimum atomic E-state index is -0.257. The molecule has 0 aliphatic carbocycles. The Hall–Kier alpha value is -3.02. The summed E-state index contributed by atoms with van der Waals surface area (Å²) in [5.74, 6) is 0.963. The Morgan fingerprint density at radius 1 is 1.07 bits per heavy atom. The molecule has 3 aromatic rings. The zero-order valence-electron chi connectivity index (χ0n) is 15.1. The van der Waals surface area contributed by atoms with E-state index in [1.807, 2.05) is 35.4 Å². The van der Waals surface area contributed by atoms with Gasteiger partial charge in [-0.25, -0.2) is 9.37 Å². The number of benzene rings is 1. The number of hydrogen-bond acceptors (Lipinski definition) is 3. The maximum Gasteiger partial charge on any atom is 0.219 e. The molecule has 1 aliphatic rings. The Kier molecular flexibility index (Phi) is 4.71. The molecule has 0 bridgehead atoms. The van der Waals surface area contributed by atoms with Crippen LogP contribution in [0, 0.1) is 5.82 Å². The number of halogens is 1. The zero-order chi connectivity index (χ0) is 18.8. The molecule has 1 saturated heterocycles. The molecule has 27 heavy (non-hydrogen) atoms. The first-order valence-corrected chi connectivity index (χ1v) is 9.08. The van der Waals surface area contributed by atoms with Crippen LogP contribution in [0.1, 0.15) is 36.6 Å². The van der Waals surface area contributed by atoms with Gasteiger partial charge in [-0.05, 0) is 36.2 Å². The Labute approximate surface area is 157 Å². The van der Waals surface area contributed by atoms with Crippen molar-refractivity contribution in [1.82, 2.24) is 19.4 Å². The van der Waals surface area contributed by atoms with E-state index in [2.05, 4.69) is 14.5 Å². The summed E-state index contributed by atoms with van der Waals surface area (Å²) in [6, 6.07) is 10.5. The average molecular weight is 364 g/mol. The smallest absolute Gasteiger partial charge is 0.219 e. The summed E-state index contributed by atoms with van der Waals surface area (Å²) in [4.78, 5) is 22.5. The SMILES string of the molecule is CC(=O)N1CCC(c2nccn2-c2ccncc2)C(c2ccc(F)cc2)C1. The maximum absolute atomic E-state index is 13.4. The van der Waals surface area contributed by atoms with Crippen molar-refractivity contribution in [3.8, 4) is 5.69 Å². The number of imidazole rings is 1. The van der Waals surface area contributed by atoms with Gasteiger partial charge in [0.25, 0.3) is 0 Å². The van der Waals surface area contributed by atoms with Crippen LogP contribution in [0.3, 0.4) is 0 Å². The number of piperidine rings is 1. The topological polar surface area (TPSA) is 51.0 Å². The summed E-state index contributed by atoms with van der Waals surface area (Å²) in [6.07, 6.45) is 8.08. The molecule has 4 rings (SSSR count). The van der Waals surface area contributed by atoms with Crippen LogP contribution in [-0.2, 0) is 4.79 Å². The van der Waals surface area contributed by atoms with Crippen LogP contribution in [0.15, 0.2) is 61.2 Å². The fourth-order valence-corrected chi connectivity index (χ4v) is 3.91. The largest absolute Gasteiger partial charge is 0.342 e. The number of likely N-dealkylation sites (tertiary alicyclic amines) is 1. The van der Waals surface area contributed by atoms with Crippen LogP contribution in [0.5, 0.6) is 0 Å². The lowest BCUT2D eigenvalue weighted by Gasteiger charge is -2.38. The number of aromatic nitrogens is 3. The van der Waals surface area contributed by atoms with E-state index in [-0.39, 0.29) is 23.6 Å². The molecule has 2 atom stereocenters. The van der Waals surface area contributed by atoms with Gasteiger partial charge in [0.05, 0.1) is 0 Å². The quantitative estimate of drug-likeness (QED) is 0.714.